The highest BCUT2D eigenvalue weighted by Crippen LogP contribution is 2.13. The lowest BCUT2D eigenvalue weighted by Crippen LogP contribution is -2.12. The quantitative estimate of drug-likeness (QED) is 0.581. The second-order valence-electron chi connectivity index (χ2n) is 3.97. The van der Waals surface area contributed by atoms with Crippen molar-refractivity contribution in [2.24, 2.45) is 0 Å². The summed E-state index contributed by atoms with van der Waals surface area (Å²) in [6.45, 7) is 2.23. The fourth-order valence-corrected chi connectivity index (χ4v) is 1.79. The fraction of sp³-hybridized carbons (Fsp3) is 0.417. The molecule has 0 aliphatic rings. The van der Waals surface area contributed by atoms with Crippen molar-refractivity contribution < 1.29 is 9.47 Å². The molecule has 0 radical (unpaired) electrons. The van der Waals surface area contributed by atoms with E-state index in [1.54, 1.807) is 23.9 Å². The van der Waals surface area contributed by atoms with Crippen molar-refractivity contribution in [1.82, 2.24) is 9.78 Å². The molecule has 3 N–H and O–H groups in total. The first kappa shape index (κ1) is 12.7. The van der Waals surface area contributed by atoms with Gasteiger partial charge in [-0.05, 0) is 18.2 Å². The third-order valence-electron chi connectivity index (χ3n) is 2.68. The van der Waals surface area contributed by atoms with Gasteiger partial charge in [-0.2, -0.15) is 0 Å². The number of methoxy groups -OCH3 is 1. The third kappa shape index (κ3) is 2.72. The van der Waals surface area contributed by atoms with E-state index in [-0.39, 0.29) is 5.56 Å². The van der Waals surface area contributed by atoms with Gasteiger partial charge in [0.15, 0.2) is 0 Å². The molecule has 0 bridgehead atoms. The number of benzene rings is 1. The van der Waals surface area contributed by atoms with E-state index in [1.165, 1.54) is 0 Å². The Morgan fingerprint density at radius 3 is 2.94 bits per heavy atom. The lowest BCUT2D eigenvalue weighted by Gasteiger charge is -2.06. The number of nitrogens with two attached hydrogens (primary N) is 1. The topological polar surface area (TPSA) is 82.3 Å². The molecule has 0 atom stereocenters. The number of aromatic nitrogens is 2. The van der Waals surface area contributed by atoms with Gasteiger partial charge in [-0.3, -0.25) is 14.6 Å². The molecule has 0 saturated heterocycles. The van der Waals surface area contributed by atoms with E-state index >= 15 is 0 Å². The van der Waals surface area contributed by atoms with Crippen molar-refractivity contribution in [2.45, 2.75) is 6.54 Å². The molecule has 0 amide bonds. The van der Waals surface area contributed by atoms with E-state index in [4.69, 9.17) is 15.2 Å². The summed E-state index contributed by atoms with van der Waals surface area (Å²) in [5.74, 6) is 0. The zero-order valence-corrected chi connectivity index (χ0v) is 10.3. The fourth-order valence-electron chi connectivity index (χ4n) is 1.79. The molecule has 1 aromatic heterocycles. The van der Waals surface area contributed by atoms with Crippen LogP contribution in [-0.4, -0.2) is 36.7 Å². The third-order valence-corrected chi connectivity index (χ3v) is 2.68. The number of fused-ring (bicyclic) bond motifs is 1. The van der Waals surface area contributed by atoms with Crippen molar-refractivity contribution in [3.8, 4) is 0 Å². The zero-order valence-electron chi connectivity index (χ0n) is 10.3. The number of rotatable bonds is 6. The van der Waals surface area contributed by atoms with Gasteiger partial charge in [0.25, 0.3) is 5.56 Å². The van der Waals surface area contributed by atoms with Gasteiger partial charge < -0.3 is 15.2 Å². The average molecular weight is 251 g/mol. The van der Waals surface area contributed by atoms with Crippen LogP contribution < -0.4 is 11.3 Å². The summed E-state index contributed by atoms with van der Waals surface area (Å²) in [6.07, 6.45) is 0. The lowest BCUT2D eigenvalue weighted by atomic mass is 10.2. The van der Waals surface area contributed by atoms with Gasteiger partial charge in [-0.25, -0.2) is 0 Å². The van der Waals surface area contributed by atoms with Gasteiger partial charge in [0.05, 0.1) is 37.3 Å². The van der Waals surface area contributed by atoms with E-state index < -0.39 is 0 Å². The highest BCUT2D eigenvalue weighted by molar-refractivity contribution is 5.81. The predicted octanol–water partition coefficient (Wildman–Crippen LogP) is 0.575. The summed E-state index contributed by atoms with van der Waals surface area (Å²) < 4.78 is 12.0. The Balaban J connectivity index is 2.07. The summed E-state index contributed by atoms with van der Waals surface area (Å²) in [5.41, 5.74) is 6.95. The number of nitrogen functional groups attached to an aromatic ring is 1. The Kier molecular flexibility index (Phi) is 4.01. The predicted molar refractivity (Wildman–Crippen MR) is 69.7 cm³/mol. The molecule has 0 aliphatic carbocycles. The highest BCUT2D eigenvalue weighted by Gasteiger charge is 2.06. The molecular weight excluding hydrogens is 234 g/mol. The maximum Gasteiger partial charge on any atom is 0.272 e. The van der Waals surface area contributed by atoms with Crippen LogP contribution in [0.25, 0.3) is 10.9 Å². The molecule has 6 nitrogen and oxygen atoms in total. The van der Waals surface area contributed by atoms with Crippen LogP contribution in [0.1, 0.15) is 0 Å². The summed E-state index contributed by atoms with van der Waals surface area (Å²) in [7, 11) is 1.63. The van der Waals surface area contributed by atoms with Gasteiger partial charge in [-0.15, -0.1) is 0 Å². The van der Waals surface area contributed by atoms with Crippen LogP contribution in [-0.2, 0) is 16.0 Å². The van der Waals surface area contributed by atoms with Crippen molar-refractivity contribution in [1.29, 1.82) is 0 Å². The molecule has 0 fully saturated rings. The van der Waals surface area contributed by atoms with Crippen LogP contribution in [0, 0.1) is 0 Å². The maximum absolute atomic E-state index is 11.7. The van der Waals surface area contributed by atoms with Crippen LogP contribution in [0.4, 0.5) is 5.69 Å². The van der Waals surface area contributed by atoms with Crippen LogP contribution in [0.2, 0.25) is 0 Å². The second kappa shape index (κ2) is 5.70. The molecule has 2 aromatic rings. The van der Waals surface area contributed by atoms with Crippen molar-refractivity contribution in [3.05, 3.63) is 28.6 Å². The Bertz CT molecular complexity index is 573. The number of nitrogens with zero attached hydrogens (tertiary/aromatic N) is 1. The van der Waals surface area contributed by atoms with Crippen molar-refractivity contribution in [2.75, 3.05) is 32.7 Å². The highest BCUT2D eigenvalue weighted by atomic mass is 16.5. The van der Waals surface area contributed by atoms with E-state index in [1.807, 2.05) is 6.07 Å². The van der Waals surface area contributed by atoms with Gasteiger partial charge in [-0.1, -0.05) is 0 Å². The van der Waals surface area contributed by atoms with Gasteiger partial charge in [0.2, 0.25) is 0 Å². The summed E-state index contributed by atoms with van der Waals surface area (Å²) in [6, 6.07) is 5.28. The van der Waals surface area contributed by atoms with E-state index in [0.29, 0.717) is 37.4 Å². The number of ether oxygens (including phenoxy) is 2. The SMILES string of the molecule is COCCOCCn1[nH]c(=O)c2cc(N)ccc21. The molecular formula is C12H17N3O3. The molecule has 1 heterocycles. The summed E-state index contributed by atoms with van der Waals surface area (Å²) >= 11 is 0. The van der Waals surface area contributed by atoms with E-state index in [2.05, 4.69) is 5.10 Å². The Morgan fingerprint density at radius 2 is 2.17 bits per heavy atom. The first-order chi connectivity index (χ1) is 8.72. The number of hydrogen-bond donors (Lipinski definition) is 2. The van der Waals surface area contributed by atoms with E-state index in [9.17, 15) is 4.79 Å². The van der Waals surface area contributed by atoms with Crippen LogP contribution >= 0.6 is 0 Å². The summed E-state index contributed by atoms with van der Waals surface area (Å²) in [5, 5.41) is 3.37. The molecule has 6 heteroatoms. The Morgan fingerprint density at radius 1 is 1.33 bits per heavy atom. The monoisotopic (exact) mass is 251 g/mol. The number of hydrogen-bond acceptors (Lipinski definition) is 4. The Labute approximate surface area is 104 Å². The minimum atomic E-state index is -0.130. The first-order valence-electron chi connectivity index (χ1n) is 5.77. The zero-order chi connectivity index (χ0) is 13.0. The smallest absolute Gasteiger partial charge is 0.272 e. The standard InChI is InChI=1S/C12H17N3O3/c1-17-6-7-18-5-4-15-11-3-2-9(13)8-10(11)12(16)14-15/h2-3,8H,4-7,13H2,1H3,(H,14,16). The minimum absolute atomic E-state index is 0.130. The van der Waals surface area contributed by atoms with Crippen LogP contribution in [0.3, 0.4) is 0 Å². The van der Waals surface area contributed by atoms with Gasteiger partial charge in [0, 0.05) is 12.8 Å². The van der Waals surface area contributed by atoms with Gasteiger partial charge in [0.1, 0.15) is 0 Å². The number of nitrogens with one attached hydrogen (secondary N) is 1. The maximum atomic E-state index is 11.7. The number of aromatic amines is 1. The molecule has 0 spiro atoms. The van der Waals surface area contributed by atoms with Gasteiger partial charge >= 0.3 is 0 Å². The molecule has 18 heavy (non-hydrogen) atoms. The number of anilines is 1. The summed E-state index contributed by atoms with van der Waals surface area (Å²) in [4.78, 5) is 11.7. The average Bonchev–Trinajstić information content (AvgIpc) is 2.66. The second-order valence-corrected chi connectivity index (χ2v) is 3.97. The van der Waals surface area contributed by atoms with Crippen LogP contribution in [0.5, 0.6) is 0 Å². The number of H-pyrrole nitrogens is 1. The van der Waals surface area contributed by atoms with Crippen molar-refractivity contribution >= 4 is 16.6 Å². The molecule has 98 valence electrons. The normalized spacial score (nSPS) is 11.2. The molecule has 0 aliphatic heterocycles. The molecule has 1 aromatic carbocycles. The van der Waals surface area contributed by atoms with Crippen molar-refractivity contribution in [3.63, 3.8) is 0 Å². The first-order valence-corrected chi connectivity index (χ1v) is 5.77. The molecule has 0 unspecified atom stereocenters. The largest absolute Gasteiger partial charge is 0.399 e. The Hall–Kier alpha value is -1.79. The van der Waals surface area contributed by atoms with Crippen LogP contribution in [0.15, 0.2) is 23.0 Å². The molecule has 0 saturated carbocycles. The minimum Gasteiger partial charge on any atom is -0.399 e. The lowest BCUT2D eigenvalue weighted by molar-refractivity contribution is 0.0658. The van der Waals surface area contributed by atoms with E-state index in [0.717, 1.165) is 5.52 Å². The molecule has 2 rings (SSSR count).